The predicted molar refractivity (Wildman–Crippen MR) is 117 cm³/mol. The molecule has 1 aliphatic rings. The first-order chi connectivity index (χ1) is 14.6. The van der Waals surface area contributed by atoms with Gasteiger partial charge in [0.05, 0.1) is 6.04 Å². The lowest BCUT2D eigenvalue weighted by atomic mass is 9.97. The molecule has 5 heteroatoms. The lowest BCUT2D eigenvalue weighted by Crippen LogP contribution is -2.44. The topological polar surface area (TPSA) is 65.2 Å². The van der Waals surface area contributed by atoms with E-state index in [0.29, 0.717) is 11.3 Å². The number of aromatic nitrogens is 1. The molecule has 2 N–H and O–H groups in total. The first-order valence-electron chi connectivity index (χ1n) is 9.98. The smallest absolute Gasteiger partial charge is 0.255 e. The number of anilines is 1. The van der Waals surface area contributed by atoms with E-state index in [4.69, 9.17) is 0 Å². The number of carbonyl (C=O) groups excluding carboxylic acids is 2. The monoisotopic (exact) mass is 395 g/mol. The fourth-order valence-electron chi connectivity index (χ4n) is 4.27. The summed E-state index contributed by atoms with van der Waals surface area (Å²) in [5, 5.41) is 3.98. The third kappa shape index (κ3) is 2.87. The van der Waals surface area contributed by atoms with Gasteiger partial charge in [0.1, 0.15) is 6.04 Å². The van der Waals surface area contributed by atoms with Crippen LogP contribution in [-0.2, 0) is 4.79 Å². The van der Waals surface area contributed by atoms with Crippen LogP contribution in [0, 0.1) is 0 Å². The number of carbonyl (C=O) groups is 2. The number of aromatic amines is 1. The molecule has 30 heavy (non-hydrogen) atoms. The van der Waals surface area contributed by atoms with E-state index in [9.17, 15) is 9.59 Å². The van der Waals surface area contributed by atoms with Gasteiger partial charge in [-0.1, -0.05) is 54.6 Å². The number of benzene rings is 3. The van der Waals surface area contributed by atoms with Gasteiger partial charge >= 0.3 is 0 Å². The Kier molecular flexibility index (Phi) is 4.36. The molecule has 0 aliphatic carbocycles. The van der Waals surface area contributed by atoms with Crippen LogP contribution in [-0.4, -0.2) is 27.7 Å². The van der Waals surface area contributed by atoms with Crippen molar-refractivity contribution in [2.45, 2.75) is 19.0 Å². The van der Waals surface area contributed by atoms with Gasteiger partial charge in [-0.2, -0.15) is 0 Å². The maximum absolute atomic E-state index is 13.4. The number of fused-ring (bicyclic) bond motifs is 2. The van der Waals surface area contributed by atoms with Gasteiger partial charge in [0, 0.05) is 33.9 Å². The average Bonchev–Trinajstić information content (AvgIpc) is 3.33. The molecular weight excluding hydrogens is 374 g/mol. The first kappa shape index (κ1) is 18.2. The summed E-state index contributed by atoms with van der Waals surface area (Å²) in [6.45, 7) is 1.78. The average molecular weight is 395 g/mol. The van der Waals surface area contributed by atoms with Gasteiger partial charge in [-0.05, 0) is 36.8 Å². The van der Waals surface area contributed by atoms with Crippen LogP contribution in [0.2, 0.25) is 0 Å². The zero-order valence-corrected chi connectivity index (χ0v) is 16.5. The Morgan fingerprint density at radius 3 is 2.47 bits per heavy atom. The van der Waals surface area contributed by atoms with Crippen molar-refractivity contribution in [3.8, 4) is 0 Å². The molecule has 1 aromatic heterocycles. The van der Waals surface area contributed by atoms with Crippen molar-refractivity contribution >= 4 is 28.4 Å². The molecule has 0 fully saturated rings. The molecule has 0 saturated heterocycles. The first-order valence-corrected chi connectivity index (χ1v) is 9.98. The molecule has 5 rings (SSSR count). The van der Waals surface area contributed by atoms with Crippen LogP contribution >= 0.6 is 0 Å². The van der Waals surface area contributed by atoms with Gasteiger partial charge in [0.25, 0.3) is 5.91 Å². The van der Waals surface area contributed by atoms with E-state index in [0.717, 1.165) is 22.0 Å². The predicted octanol–water partition coefficient (Wildman–Crippen LogP) is 4.74. The van der Waals surface area contributed by atoms with Crippen LogP contribution in [0.1, 0.15) is 34.5 Å². The Balaban J connectivity index is 1.57. The highest BCUT2D eigenvalue weighted by Crippen LogP contribution is 2.42. The second kappa shape index (κ2) is 7.19. The summed E-state index contributed by atoms with van der Waals surface area (Å²) in [7, 11) is 0. The number of H-pyrrole nitrogens is 1. The van der Waals surface area contributed by atoms with E-state index in [1.807, 2.05) is 85.1 Å². The Morgan fingerprint density at radius 2 is 1.63 bits per heavy atom. The van der Waals surface area contributed by atoms with Crippen molar-refractivity contribution in [3.63, 3.8) is 0 Å². The zero-order valence-electron chi connectivity index (χ0n) is 16.5. The highest BCUT2D eigenvalue weighted by Gasteiger charge is 2.42. The number of nitrogens with one attached hydrogen (secondary N) is 2. The molecule has 0 saturated carbocycles. The van der Waals surface area contributed by atoms with E-state index >= 15 is 0 Å². The van der Waals surface area contributed by atoms with Gasteiger partial charge < -0.3 is 15.2 Å². The van der Waals surface area contributed by atoms with Crippen LogP contribution in [0.15, 0.2) is 85.1 Å². The summed E-state index contributed by atoms with van der Waals surface area (Å²) in [5.74, 6) is -0.344. The SMILES string of the molecule is C[C@@H](C(=O)Nc1ccccc1)N1C(=O)c2ccccc2[C@@H]1c1c[nH]c2ccccc12. The Morgan fingerprint density at radius 1 is 0.933 bits per heavy atom. The highest BCUT2D eigenvalue weighted by atomic mass is 16.2. The Labute approximate surface area is 174 Å². The molecule has 5 nitrogen and oxygen atoms in total. The number of amides is 2. The summed E-state index contributed by atoms with van der Waals surface area (Å²) in [6, 6.07) is 23.9. The maximum Gasteiger partial charge on any atom is 0.255 e. The third-order valence-electron chi connectivity index (χ3n) is 5.75. The fraction of sp³-hybridized carbons (Fsp3) is 0.120. The van der Waals surface area contributed by atoms with E-state index in [-0.39, 0.29) is 17.9 Å². The van der Waals surface area contributed by atoms with Crippen molar-refractivity contribution in [2.75, 3.05) is 5.32 Å². The number of nitrogens with zero attached hydrogens (tertiary/aromatic N) is 1. The Bertz CT molecular complexity index is 1250. The molecule has 4 aromatic rings. The van der Waals surface area contributed by atoms with Gasteiger partial charge in [0.15, 0.2) is 0 Å². The molecule has 2 amide bonds. The summed E-state index contributed by atoms with van der Waals surface area (Å²) in [4.78, 5) is 31.4. The molecule has 1 aliphatic heterocycles. The maximum atomic E-state index is 13.4. The Hall–Kier alpha value is -3.86. The quantitative estimate of drug-likeness (QED) is 0.524. The van der Waals surface area contributed by atoms with Crippen LogP contribution < -0.4 is 5.32 Å². The zero-order chi connectivity index (χ0) is 20.7. The van der Waals surface area contributed by atoms with Crippen molar-refractivity contribution < 1.29 is 9.59 Å². The number of para-hydroxylation sites is 2. The number of hydrogen-bond acceptors (Lipinski definition) is 2. The van der Waals surface area contributed by atoms with Crippen LogP contribution in [0.25, 0.3) is 10.9 Å². The largest absolute Gasteiger partial charge is 0.361 e. The molecule has 148 valence electrons. The van der Waals surface area contributed by atoms with E-state index in [1.54, 1.807) is 11.8 Å². The van der Waals surface area contributed by atoms with Crippen molar-refractivity contribution in [2.24, 2.45) is 0 Å². The van der Waals surface area contributed by atoms with Crippen molar-refractivity contribution in [1.82, 2.24) is 9.88 Å². The second-order valence-electron chi connectivity index (χ2n) is 7.52. The minimum absolute atomic E-state index is 0.128. The van der Waals surface area contributed by atoms with Gasteiger partial charge in [-0.25, -0.2) is 0 Å². The normalized spacial score (nSPS) is 16.5. The highest BCUT2D eigenvalue weighted by molar-refractivity contribution is 6.05. The second-order valence-corrected chi connectivity index (χ2v) is 7.52. The summed E-state index contributed by atoms with van der Waals surface area (Å²) in [6.07, 6.45) is 1.94. The van der Waals surface area contributed by atoms with Crippen LogP contribution in [0.4, 0.5) is 5.69 Å². The molecule has 0 unspecified atom stereocenters. The van der Waals surface area contributed by atoms with Crippen molar-refractivity contribution in [3.05, 3.63) is 102 Å². The van der Waals surface area contributed by atoms with Crippen LogP contribution in [0.5, 0.6) is 0 Å². The van der Waals surface area contributed by atoms with Gasteiger partial charge in [0.2, 0.25) is 5.91 Å². The van der Waals surface area contributed by atoms with E-state index in [2.05, 4.69) is 10.3 Å². The van der Waals surface area contributed by atoms with E-state index < -0.39 is 6.04 Å². The van der Waals surface area contributed by atoms with Crippen LogP contribution in [0.3, 0.4) is 0 Å². The summed E-state index contributed by atoms with van der Waals surface area (Å²) >= 11 is 0. The van der Waals surface area contributed by atoms with Gasteiger partial charge in [-0.3, -0.25) is 9.59 Å². The number of rotatable bonds is 4. The summed E-state index contributed by atoms with van der Waals surface area (Å²) < 4.78 is 0. The third-order valence-corrected chi connectivity index (χ3v) is 5.75. The van der Waals surface area contributed by atoms with Gasteiger partial charge in [-0.15, -0.1) is 0 Å². The molecule has 0 bridgehead atoms. The molecule has 3 aromatic carbocycles. The number of hydrogen-bond donors (Lipinski definition) is 2. The fourth-order valence-corrected chi connectivity index (χ4v) is 4.27. The minimum atomic E-state index is -0.649. The molecular formula is C25H21N3O2. The molecule has 0 radical (unpaired) electrons. The standard InChI is InChI=1S/C25H21N3O2/c1-16(24(29)27-17-9-3-2-4-10-17)28-23(19-12-5-6-13-20(19)25(28)30)21-15-26-22-14-8-7-11-18(21)22/h2-16,23,26H,1H3,(H,27,29)/t16-,23+/m0/s1. The van der Waals surface area contributed by atoms with E-state index in [1.165, 1.54) is 0 Å². The van der Waals surface area contributed by atoms with Crippen molar-refractivity contribution in [1.29, 1.82) is 0 Å². The molecule has 2 atom stereocenters. The molecule has 0 spiro atoms. The lowest BCUT2D eigenvalue weighted by Gasteiger charge is -2.30. The lowest BCUT2D eigenvalue weighted by molar-refractivity contribution is -0.120. The minimum Gasteiger partial charge on any atom is -0.361 e. The summed E-state index contributed by atoms with van der Waals surface area (Å²) in [5.41, 5.74) is 4.27. The molecule has 2 heterocycles.